The van der Waals surface area contributed by atoms with Gasteiger partial charge in [0, 0.05) is 43.0 Å². The zero-order valence-electron chi connectivity index (χ0n) is 18.2. The van der Waals surface area contributed by atoms with Crippen LogP contribution in [0.25, 0.3) is 5.69 Å². The summed E-state index contributed by atoms with van der Waals surface area (Å²) in [5, 5.41) is 20.9. The Labute approximate surface area is 187 Å². The molecule has 8 nitrogen and oxygen atoms in total. The van der Waals surface area contributed by atoms with Crippen LogP contribution >= 0.6 is 0 Å². The summed E-state index contributed by atoms with van der Waals surface area (Å²) < 4.78 is 7.40. The summed E-state index contributed by atoms with van der Waals surface area (Å²) in [6.07, 6.45) is 9.73. The zero-order chi connectivity index (χ0) is 21.8. The summed E-state index contributed by atoms with van der Waals surface area (Å²) in [6.45, 7) is 5.51. The number of piperidine rings is 1. The minimum Gasteiger partial charge on any atom is -0.472 e. The third-order valence-electron chi connectivity index (χ3n) is 5.82. The highest BCUT2D eigenvalue weighted by molar-refractivity contribution is 5.43. The number of ether oxygens (including phenoxy) is 1. The van der Waals surface area contributed by atoms with Crippen LogP contribution in [0.15, 0.2) is 76.9 Å². The summed E-state index contributed by atoms with van der Waals surface area (Å²) in [4.78, 5) is 2.46. The van der Waals surface area contributed by atoms with E-state index in [1.54, 1.807) is 6.20 Å². The first-order chi connectivity index (χ1) is 15.7. The van der Waals surface area contributed by atoms with Crippen LogP contribution in [-0.2, 0) is 11.3 Å². The number of azo groups is 1. The first-order valence-electron chi connectivity index (χ1n) is 11.0. The summed E-state index contributed by atoms with van der Waals surface area (Å²) in [5.74, 6) is 1.56. The molecule has 2 aromatic heterocycles. The van der Waals surface area contributed by atoms with E-state index in [9.17, 15) is 0 Å². The molecule has 1 atom stereocenters. The second-order valence-electron chi connectivity index (χ2n) is 8.27. The van der Waals surface area contributed by atoms with Crippen molar-refractivity contribution in [2.45, 2.75) is 32.2 Å². The number of H-pyrrole nitrogens is 1. The Balaban J connectivity index is 1.42. The molecule has 5 rings (SSSR count). The van der Waals surface area contributed by atoms with Gasteiger partial charge in [-0.3, -0.25) is 10.00 Å². The molecule has 1 unspecified atom stereocenters. The topological polar surface area (TPSA) is 83.7 Å². The van der Waals surface area contributed by atoms with E-state index < -0.39 is 0 Å². The fourth-order valence-corrected chi connectivity index (χ4v) is 4.14. The third kappa shape index (κ3) is 4.70. The summed E-state index contributed by atoms with van der Waals surface area (Å²) >= 11 is 0. The molecule has 164 valence electrons. The average molecular weight is 430 g/mol. The van der Waals surface area contributed by atoms with E-state index in [0.29, 0.717) is 24.2 Å². The Morgan fingerprint density at radius 3 is 2.88 bits per heavy atom. The summed E-state index contributed by atoms with van der Waals surface area (Å²) in [7, 11) is 0. The van der Waals surface area contributed by atoms with Gasteiger partial charge < -0.3 is 4.74 Å². The van der Waals surface area contributed by atoms with Crippen LogP contribution in [0.3, 0.4) is 0 Å². The van der Waals surface area contributed by atoms with Crippen molar-refractivity contribution in [2.75, 3.05) is 19.7 Å². The maximum absolute atomic E-state index is 5.52. The van der Waals surface area contributed by atoms with Crippen molar-refractivity contribution in [2.24, 2.45) is 10.2 Å². The highest BCUT2D eigenvalue weighted by atomic mass is 16.5. The summed E-state index contributed by atoms with van der Waals surface area (Å²) in [6, 6.07) is 12.4. The molecule has 0 bridgehead atoms. The van der Waals surface area contributed by atoms with Gasteiger partial charge in [-0.25, -0.2) is 4.68 Å². The van der Waals surface area contributed by atoms with Gasteiger partial charge in [0.25, 0.3) is 0 Å². The minimum atomic E-state index is 0.348. The van der Waals surface area contributed by atoms with Gasteiger partial charge in [-0.15, -0.1) is 10.2 Å². The Morgan fingerprint density at radius 2 is 2.09 bits per heavy atom. The van der Waals surface area contributed by atoms with E-state index in [0.717, 1.165) is 49.6 Å². The van der Waals surface area contributed by atoms with E-state index in [-0.39, 0.29) is 0 Å². The molecule has 1 aromatic carbocycles. The molecule has 1 N–H and O–H groups in total. The summed E-state index contributed by atoms with van der Waals surface area (Å²) in [5.41, 5.74) is 4.37. The van der Waals surface area contributed by atoms with Crippen LogP contribution in [-0.4, -0.2) is 44.6 Å². The van der Waals surface area contributed by atoms with Gasteiger partial charge in [-0.1, -0.05) is 23.8 Å². The van der Waals surface area contributed by atoms with Crippen LogP contribution < -0.4 is 0 Å². The second-order valence-corrected chi connectivity index (χ2v) is 8.27. The quantitative estimate of drug-likeness (QED) is 0.571. The monoisotopic (exact) mass is 429 g/mol. The molecular weight excluding hydrogens is 402 g/mol. The Bertz CT molecular complexity index is 1130. The van der Waals surface area contributed by atoms with E-state index in [4.69, 9.17) is 9.84 Å². The average Bonchev–Trinajstić information content (AvgIpc) is 3.49. The van der Waals surface area contributed by atoms with Gasteiger partial charge in [0.2, 0.25) is 5.88 Å². The standard InChI is InChI=1S/C24H27N7O/c1-18-7-9-21(10-8-18)31-23(27-28-24-6-2-3-14-32-24)15-22(29-31)19-5-4-13-30(16-19)17-20-11-12-25-26-20/h2-3,6-12,15,19H,4-5,13-14,16-17H2,1H3,(H,25,26). The lowest BCUT2D eigenvalue weighted by Gasteiger charge is -2.31. The number of nitrogens with zero attached hydrogens (tertiary/aromatic N) is 6. The molecule has 4 heterocycles. The molecule has 3 aromatic rings. The molecule has 2 aliphatic heterocycles. The zero-order valence-corrected chi connectivity index (χ0v) is 18.2. The number of aromatic nitrogens is 4. The molecule has 0 aliphatic carbocycles. The number of hydrogen-bond donors (Lipinski definition) is 1. The minimum absolute atomic E-state index is 0.348. The van der Waals surface area contributed by atoms with Crippen molar-refractivity contribution in [1.29, 1.82) is 0 Å². The highest BCUT2D eigenvalue weighted by Crippen LogP contribution is 2.31. The van der Waals surface area contributed by atoms with Crippen molar-refractivity contribution >= 4 is 5.82 Å². The van der Waals surface area contributed by atoms with E-state index in [1.165, 1.54) is 5.56 Å². The first kappa shape index (κ1) is 20.4. The molecule has 2 aliphatic rings. The van der Waals surface area contributed by atoms with Gasteiger partial charge in [0.15, 0.2) is 5.82 Å². The molecule has 1 saturated heterocycles. The van der Waals surface area contributed by atoms with Crippen LogP contribution in [0.5, 0.6) is 0 Å². The van der Waals surface area contributed by atoms with E-state index in [1.807, 2.05) is 29.0 Å². The van der Waals surface area contributed by atoms with Crippen molar-refractivity contribution in [3.63, 3.8) is 0 Å². The molecule has 0 radical (unpaired) electrons. The molecule has 8 heteroatoms. The fraction of sp³-hybridized carbons (Fsp3) is 0.333. The van der Waals surface area contributed by atoms with Gasteiger partial charge in [-0.2, -0.15) is 10.2 Å². The first-order valence-corrected chi connectivity index (χ1v) is 11.0. The maximum Gasteiger partial charge on any atom is 0.233 e. The lowest BCUT2D eigenvalue weighted by atomic mass is 9.95. The Hall–Kier alpha value is -3.52. The maximum atomic E-state index is 5.52. The fourth-order valence-electron chi connectivity index (χ4n) is 4.14. The normalized spacial score (nSPS) is 19.3. The Kier molecular flexibility index (Phi) is 5.93. The number of rotatable bonds is 6. The lowest BCUT2D eigenvalue weighted by Crippen LogP contribution is -2.34. The van der Waals surface area contributed by atoms with Crippen molar-refractivity contribution < 1.29 is 4.74 Å². The van der Waals surface area contributed by atoms with Gasteiger partial charge in [0.05, 0.1) is 11.4 Å². The predicted molar refractivity (Wildman–Crippen MR) is 122 cm³/mol. The molecule has 32 heavy (non-hydrogen) atoms. The SMILES string of the molecule is Cc1ccc(-n2nc(C3CCCN(Cc4ccn[nH]4)C3)cc2N=NC2=CC=CCO2)cc1. The van der Waals surface area contributed by atoms with Gasteiger partial charge >= 0.3 is 0 Å². The van der Waals surface area contributed by atoms with Crippen LogP contribution in [0.1, 0.15) is 35.7 Å². The van der Waals surface area contributed by atoms with E-state index in [2.05, 4.69) is 62.6 Å². The number of likely N-dealkylation sites (tertiary alicyclic amines) is 1. The largest absolute Gasteiger partial charge is 0.472 e. The molecule has 1 fully saturated rings. The molecule has 0 saturated carbocycles. The third-order valence-corrected chi connectivity index (χ3v) is 5.82. The molecule has 0 spiro atoms. The number of benzene rings is 1. The van der Waals surface area contributed by atoms with Crippen molar-refractivity contribution in [3.05, 3.63) is 83.7 Å². The lowest BCUT2D eigenvalue weighted by molar-refractivity contribution is 0.196. The van der Waals surface area contributed by atoms with Crippen LogP contribution in [0.2, 0.25) is 0 Å². The smallest absolute Gasteiger partial charge is 0.233 e. The van der Waals surface area contributed by atoms with Gasteiger partial charge in [0.1, 0.15) is 6.61 Å². The highest BCUT2D eigenvalue weighted by Gasteiger charge is 2.25. The molecular formula is C24H27N7O. The molecule has 0 amide bonds. The number of nitrogens with one attached hydrogen (secondary N) is 1. The number of aromatic amines is 1. The van der Waals surface area contributed by atoms with Crippen LogP contribution in [0.4, 0.5) is 5.82 Å². The second kappa shape index (κ2) is 9.32. The number of hydrogen-bond acceptors (Lipinski definition) is 6. The number of aryl methyl sites for hydroxylation is 1. The number of allylic oxidation sites excluding steroid dienone is 2. The van der Waals surface area contributed by atoms with Crippen molar-refractivity contribution in [3.8, 4) is 5.69 Å². The van der Waals surface area contributed by atoms with Gasteiger partial charge in [-0.05, 0) is 50.6 Å². The van der Waals surface area contributed by atoms with Crippen LogP contribution in [0, 0.1) is 6.92 Å². The Morgan fingerprint density at radius 1 is 1.19 bits per heavy atom. The van der Waals surface area contributed by atoms with Crippen molar-refractivity contribution in [1.82, 2.24) is 24.9 Å². The van der Waals surface area contributed by atoms with E-state index >= 15 is 0 Å². The predicted octanol–water partition coefficient (Wildman–Crippen LogP) is 4.79.